The summed E-state index contributed by atoms with van der Waals surface area (Å²) in [7, 11) is 0. The van der Waals surface area contributed by atoms with Gasteiger partial charge in [0.05, 0.1) is 11.6 Å². The van der Waals surface area contributed by atoms with Crippen molar-refractivity contribution in [2.24, 2.45) is 0 Å². The third-order valence-electron chi connectivity index (χ3n) is 3.36. The van der Waals surface area contributed by atoms with Crippen LogP contribution in [0.25, 0.3) is 10.9 Å². The number of aromatic amines is 1. The van der Waals surface area contributed by atoms with Crippen molar-refractivity contribution in [3.63, 3.8) is 0 Å². The standard InChI is InChI=1S/C17H14N2O2/c18-10-12-1-3-14(4-2-12)17(20)11-21-15-6-5-13-7-8-19-16(13)9-15/h1-9,17,19-20H,11H2. The summed E-state index contributed by atoms with van der Waals surface area (Å²) in [4.78, 5) is 3.12. The Morgan fingerprint density at radius 3 is 2.71 bits per heavy atom. The first-order chi connectivity index (χ1) is 10.3. The van der Waals surface area contributed by atoms with Crippen LogP contribution in [0.1, 0.15) is 17.2 Å². The van der Waals surface area contributed by atoms with Gasteiger partial charge in [-0.1, -0.05) is 12.1 Å². The molecule has 3 aromatic rings. The Labute approximate surface area is 122 Å². The van der Waals surface area contributed by atoms with Crippen LogP contribution in [0.5, 0.6) is 5.75 Å². The lowest BCUT2D eigenvalue weighted by atomic mass is 10.1. The molecule has 21 heavy (non-hydrogen) atoms. The quantitative estimate of drug-likeness (QED) is 0.770. The highest BCUT2D eigenvalue weighted by atomic mass is 16.5. The lowest BCUT2D eigenvalue weighted by molar-refractivity contribution is 0.108. The zero-order valence-corrected chi connectivity index (χ0v) is 11.3. The Balaban J connectivity index is 1.66. The van der Waals surface area contributed by atoms with Gasteiger partial charge in [-0.25, -0.2) is 0 Å². The van der Waals surface area contributed by atoms with Gasteiger partial charge in [-0.15, -0.1) is 0 Å². The van der Waals surface area contributed by atoms with Crippen LogP contribution in [0, 0.1) is 11.3 Å². The molecule has 3 rings (SSSR count). The minimum atomic E-state index is -0.725. The second-order valence-corrected chi connectivity index (χ2v) is 4.79. The van der Waals surface area contributed by atoms with E-state index in [2.05, 4.69) is 4.98 Å². The number of fused-ring (bicyclic) bond motifs is 1. The SMILES string of the molecule is N#Cc1ccc(C(O)COc2ccc3cc[nH]c3c2)cc1. The molecule has 0 radical (unpaired) electrons. The molecule has 4 heteroatoms. The Morgan fingerprint density at radius 1 is 1.14 bits per heavy atom. The molecule has 0 aliphatic rings. The summed E-state index contributed by atoms with van der Waals surface area (Å²) >= 11 is 0. The van der Waals surface area contributed by atoms with E-state index in [0.717, 1.165) is 16.5 Å². The highest BCUT2D eigenvalue weighted by molar-refractivity contribution is 5.80. The number of aromatic nitrogens is 1. The Morgan fingerprint density at radius 2 is 1.95 bits per heavy atom. The van der Waals surface area contributed by atoms with Crippen molar-refractivity contribution in [2.75, 3.05) is 6.61 Å². The van der Waals surface area contributed by atoms with Crippen LogP contribution in [0.15, 0.2) is 54.7 Å². The van der Waals surface area contributed by atoms with Gasteiger partial charge < -0.3 is 14.8 Å². The lowest BCUT2D eigenvalue weighted by Gasteiger charge is -2.13. The highest BCUT2D eigenvalue weighted by Crippen LogP contribution is 2.21. The van der Waals surface area contributed by atoms with Gasteiger partial charge in [-0.2, -0.15) is 5.26 Å². The van der Waals surface area contributed by atoms with E-state index in [1.54, 1.807) is 24.3 Å². The molecule has 0 bridgehead atoms. The van der Waals surface area contributed by atoms with Gasteiger partial charge in [0.1, 0.15) is 18.5 Å². The molecule has 0 saturated heterocycles. The Kier molecular flexibility index (Phi) is 3.59. The summed E-state index contributed by atoms with van der Waals surface area (Å²) in [6, 6.07) is 16.6. The molecular weight excluding hydrogens is 264 g/mol. The smallest absolute Gasteiger partial charge is 0.121 e. The van der Waals surface area contributed by atoms with Gasteiger partial charge in [-0.3, -0.25) is 0 Å². The molecule has 0 fully saturated rings. The zero-order chi connectivity index (χ0) is 14.7. The number of nitrogens with zero attached hydrogens (tertiary/aromatic N) is 1. The van der Waals surface area contributed by atoms with Gasteiger partial charge in [0.15, 0.2) is 0 Å². The molecule has 1 atom stereocenters. The number of nitriles is 1. The van der Waals surface area contributed by atoms with Crippen LogP contribution in [-0.2, 0) is 0 Å². The molecule has 2 N–H and O–H groups in total. The fourth-order valence-electron chi connectivity index (χ4n) is 2.17. The summed E-state index contributed by atoms with van der Waals surface area (Å²) in [5.41, 5.74) is 2.30. The monoisotopic (exact) mass is 278 g/mol. The van der Waals surface area contributed by atoms with Crippen LogP contribution >= 0.6 is 0 Å². The number of benzene rings is 2. The second kappa shape index (κ2) is 5.70. The maximum Gasteiger partial charge on any atom is 0.121 e. The van der Waals surface area contributed by atoms with Crippen LogP contribution in [0.2, 0.25) is 0 Å². The van der Waals surface area contributed by atoms with Gasteiger partial charge in [0.2, 0.25) is 0 Å². The lowest BCUT2D eigenvalue weighted by Crippen LogP contribution is -2.09. The number of rotatable bonds is 4. The minimum Gasteiger partial charge on any atom is -0.490 e. The average molecular weight is 278 g/mol. The number of aliphatic hydroxyl groups excluding tert-OH is 1. The van der Waals surface area contributed by atoms with E-state index in [9.17, 15) is 5.11 Å². The molecule has 1 unspecified atom stereocenters. The molecule has 0 saturated carbocycles. The molecule has 0 aliphatic heterocycles. The van der Waals surface area contributed by atoms with E-state index in [0.29, 0.717) is 11.3 Å². The molecule has 0 spiro atoms. The first-order valence-electron chi connectivity index (χ1n) is 6.64. The van der Waals surface area contributed by atoms with E-state index in [1.807, 2.05) is 36.5 Å². The fraction of sp³-hybridized carbons (Fsp3) is 0.118. The fourth-order valence-corrected chi connectivity index (χ4v) is 2.17. The predicted molar refractivity (Wildman–Crippen MR) is 79.9 cm³/mol. The molecule has 2 aromatic carbocycles. The molecule has 1 aromatic heterocycles. The van der Waals surface area contributed by atoms with Gasteiger partial charge in [-0.05, 0) is 41.3 Å². The van der Waals surface area contributed by atoms with Gasteiger partial charge in [0.25, 0.3) is 0 Å². The largest absolute Gasteiger partial charge is 0.490 e. The van der Waals surface area contributed by atoms with E-state index in [4.69, 9.17) is 10.00 Å². The van der Waals surface area contributed by atoms with Crippen LogP contribution in [0.4, 0.5) is 0 Å². The van der Waals surface area contributed by atoms with Crippen molar-refractivity contribution in [1.29, 1.82) is 5.26 Å². The second-order valence-electron chi connectivity index (χ2n) is 4.79. The van der Waals surface area contributed by atoms with E-state index < -0.39 is 6.10 Å². The summed E-state index contributed by atoms with van der Waals surface area (Å²) in [6.45, 7) is 0.165. The summed E-state index contributed by atoms with van der Waals surface area (Å²) in [6.07, 6.45) is 1.15. The van der Waals surface area contributed by atoms with Crippen LogP contribution in [0.3, 0.4) is 0 Å². The number of hydrogen-bond acceptors (Lipinski definition) is 3. The topological polar surface area (TPSA) is 69.0 Å². The van der Waals surface area contributed by atoms with Crippen molar-refractivity contribution in [3.05, 3.63) is 65.9 Å². The number of H-pyrrole nitrogens is 1. The Hall–Kier alpha value is -2.77. The minimum absolute atomic E-state index is 0.165. The number of aliphatic hydroxyl groups is 1. The van der Waals surface area contributed by atoms with Gasteiger partial charge >= 0.3 is 0 Å². The predicted octanol–water partition coefficient (Wildman–Crippen LogP) is 3.15. The van der Waals surface area contributed by atoms with Crippen LogP contribution in [-0.4, -0.2) is 16.7 Å². The van der Waals surface area contributed by atoms with Crippen molar-refractivity contribution >= 4 is 10.9 Å². The normalized spacial score (nSPS) is 12.0. The van der Waals surface area contributed by atoms with Crippen molar-refractivity contribution in [1.82, 2.24) is 4.98 Å². The van der Waals surface area contributed by atoms with E-state index >= 15 is 0 Å². The molecule has 0 aliphatic carbocycles. The zero-order valence-electron chi connectivity index (χ0n) is 11.3. The number of hydrogen-bond donors (Lipinski definition) is 2. The molecule has 0 amide bonds. The summed E-state index contributed by atoms with van der Waals surface area (Å²) in [5.74, 6) is 0.706. The number of nitrogens with one attached hydrogen (secondary N) is 1. The van der Waals surface area contributed by atoms with Gasteiger partial charge in [0, 0.05) is 17.8 Å². The highest BCUT2D eigenvalue weighted by Gasteiger charge is 2.09. The molecule has 104 valence electrons. The third-order valence-corrected chi connectivity index (χ3v) is 3.36. The summed E-state index contributed by atoms with van der Waals surface area (Å²) in [5, 5.41) is 20.0. The number of ether oxygens (including phenoxy) is 1. The average Bonchev–Trinajstić information content (AvgIpc) is 3.00. The van der Waals surface area contributed by atoms with Crippen molar-refractivity contribution in [2.45, 2.75) is 6.10 Å². The van der Waals surface area contributed by atoms with Crippen molar-refractivity contribution < 1.29 is 9.84 Å². The first-order valence-corrected chi connectivity index (χ1v) is 6.64. The molecular formula is C17H14N2O2. The molecule has 4 nitrogen and oxygen atoms in total. The summed E-state index contributed by atoms with van der Waals surface area (Å²) < 4.78 is 5.62. The Bertz CT molecular complexity index is 784. The van der Waals surface area contributed by atoms with E-state index in [-0.39, 0.29) is 6.61 Å². The van der Waals surface area contributed by atoms with Crippen LogP contribution < -0.4 is 4.74 Å². The van der Waals surface area contributed by atoms with E-state index in [1.165, 1.54) is 0 Å². The van der Waals surface area contributed by atoms with Crippen molar-refractivity contribution in [3.8, 4) is 11.8 Å². The molecule has 1 heterocycles. The first kappa shape index (κ1) is 13.2. The maximum atomic E-state index is 10.1. The third kappa shape index (κ3) is 2.88. The maximum absolute atomic E-state index is 10.1.